The number of rotatable bonds is 4. The Hall–Kier alpha value is -1.54. The van der Waals surface area contributed by atoms with Crippen molar-refractivity contribution >= 4 is 17.7 Å². The van der Waals surface area contributed by atoms with Crippen LogP contribution in [0, 0.1) is 11.3 Å². The molecule has 0 unspecified atom stereocenters. The van der Waals surface area contributed by atoms with Crippen LogP contribution in [0.5, 0.6) is 0 Å². The van der Waals surface area contributed by atoms with Gasteiger partial charge in [0.2, 0.25) is 0 Å². The van der Waals surface area contributed by atoms with E-state index in [1.807, 2.05) is 12.3 Å². The van der Waals surface area contributed by atoms with E-state index in [4.69, 9.17) is 0 Å². The zero-order valence-corrected chi connectivity index (χ0v) is 15.1. The molecule has 0 saturated heterocycles. The van der Waals surface area contributed by atoms with Crippen molar-refractivity contribution in [1.29, 1.82) is 5.26 Å². The topological polar surface area (TPSA) is 65.8 Å². The van der Waals surface area contributed by atoms with E-state index in [0.717, 1.165) is 31.4 Å². The average molecular weight is 343 g/mol. The number of nitriles is 1. The van der Waals surface area contributed by atoms with Gasteiger partial charge in [-0.15, -0.1) is 11.8 Å². The zero-order chi connectivity index (χ0) is 16.9. The normalized spacial score (nSPS) is 19.2. The zero-order valence-electron chi connectivity index (χ0n) is 14.3. The number of pyridine rings is 1. The highest BCUT2D eigenvalue weighted by Gasteiger charge is 2.29. The van der Waals surface area contributed by atoms with E-state index in [9.17, 15) is 10.1 Å². The fraction of sp³-hybridized carbons (Fsp3) is 0.632. The molecule has 1 heterocycles. The largest absolute Gasteiger partial charge is 0.349 e. The molecule has 0 aliphatic heterocycles. The first-order valence-corrected chi connectivity index (χ1v) is 10.2. The average Bonchev–Trinajstić information content (AvgIpc) is 3.40. The molecule has 0 radical (unpaired) electrons. The molecule has 1 aromatic heterocycles. The predicted molar refractivity (Wildman–Crippen MR) is 96.3 cm³/mol. The molecular weight excluding hydrogens is 318 g/mol. The van der Waals surface area contributed by atoms with Crippen LogP contribution in [0.15, 0.2) is 11.1 Å². The molecule has 0 bridgehead atoms. The predicted octanol–water partition coefficient (Wildman–Crippen LogP) is 4.40. The highest BCUT2D eigenvalue weighted by molar-refractivity contribution is 7.98. The van der Waals surface area contributed by atoms with Gasteiger partial charge in [-0.2, -0.15) is 5.26 Å². The fourth-order valence-corrected chi connectivity index (χ4v) is 3.98. The van der Waals surface area contributed by atoms with E-state index in [1.165, 1.54) is 43.9 Å². The van der Waals surface area contributed by atoms with Gasteiger partial charge >= 0.3 is 0 Å². The second-order valence-electron chi connectivity index (χ2n) is 6.88. The Morgan fingerprint density at radius 3 is 2.46 bits per heavy atom. The number of thioether (sulfide) groups is 1. The summed E-state index contributed by atoms with van der Waals surface area (Å²) in [7, 11) is 0. The number of aromatic nitrogens is 1. The van der Waals surface area contributed by atoms with Crippen LogP contribution < -0.4 is 5.32 Å². The fourth-order valence-electron chi connectivity index (χ4n) is 3.43. The van der Waals surface area contributed by atoms with Gasteiger partial charge in [-0.3, -0.25) is 4.79 Å². The minimum absolute atomic E-state index is 0.100. The van der Waals surface area contributed by atoms with E-state index in [1.54, 1.807) is 0 Å². The molecule has 1 aromatic rings. The summed E-state index contributed by atoms with van der Waals surface area (Å²) < 4.78 is 0. The van der Waals surface area contributed by atoms with Crippen LogP contribution in [0.25, 0.3) is 0 Å². The molecule has 1 amide bonds. The lowest BCUT2D eigenvalue weighted by molar-refractivity contribution is 0.0929. The van der Waals surface area contributed by atoms with Crippen molar-refractivity contribution in [3.05, 3.63) is 22.9 Å². The summed E-state index contributed by atoms with van der Waals surface area (Å²) in [5.74, 6) is 0.369. The lowest BCUT2D eigenvalue weighted by atomic mass is 9.96. The second kappa shape index (κ2) is 8.02. The summed E-state index contributed by atoms with van der Waals surface area (Å²) in [4.78, 5) is 17.5. The van der Waals surface area contributed by atoms with Crippen molar-refractivity contribution < 1.29 is 4.79 Å². The molecule has 128 valence electrons. The van der Waals surface area contributed by atoms with Crippen LogP contribution in [-0.2, 0) is 0 Å². The number of nitrogens with one attached hydrogen (secondary N) is 1. The molecular formula is C19H25N3OS. The summed E-state index contributed by atoms with van der Waals surface area (Å²) in [6.45, 7) is 0. The van der Waals surface area contributed by atoms with Crippen LogP contribution >= 0.6 is 11.8 Å². The standard InChI is InChI=1S/C19H25N3OS/c1-24-19-16(12-20)15(11-17(22-19)13-9-10-13)18(23)21-14-7-5-3-2-4-6-8-14/h11,13-14H,2-10H2,1H3,(H,21,23). The molecule has 0 atom stereocenters. The molecule has 24 heavy (non-hydrogen) atoms. The maximum Gasteiger partial charge on any atom is 0.253 e. The lowest BCUT2D eigenvalue weighted by Gasteiger charge is -2.21. The summed E-state index contributed by atoms with van der Waals surface area (Å²) in [5, 5.41) is 13.4. The molecule has 2 fully saturated rings. The van der Waals surface area contributed by atoms with Crippen molar-refractivity contribution in [1.82, 2.24) is 10.3 Å². The quantitative estimate of drug-likeness (QED) is 0.823. The van der Waals surface area contributed by atoms with Crippen molar-refractivity contribution in [2.24, 2.45) is 0 Å². The van der Waals surface area contributed by atoms with Gasteiger partial charge in [0, 0.05) is 17.7 Å². The van der Waals surface area contributed by atoms with Crippen molar-refractivity contribution in [2.75, 3.05) is 6.26 Å². The molecule has 3 rings (SSSR count). The van der Waals surface area contributed by atoms with Gasteiger partial charge in [-0.05, 0) is 38.0 Å². The van der Waals surface area contributed by atoms with Crippen molar-refractivity contribution in [3.8, 4) is 6.07 Å². The minimum atomic E-state index is -0.100. The van der Waals surface area contributed by atoms with Crippen LogP contribution in [0.2, 0.25) is 0 Å². The summed E-state index contributed by atoms with van der Waals surface area (Å²) >= 11 is 1.45. The Morgan fingerprint density at radius 1 is 1.21 bits per heavy atom. The Bertz CT molecular complexity index is 641. The number of carbonyl (C=O) groups excluding carboxylic acids is 1. The Kier molecular flexibility index (Phi) is 5.78. The van der Waals surface area contributed by atoms with Crippen LogP contribution in [0.1, 0.15) is 85.3 Å². The van der Waals surface area contributed by atoms with Crippen LogP contribution in [-0.4, -0.2) is 23.2 Å². The molecule has 5 heteroatoms. The SMILES string of the molecule is CSc1nc(C2CC2)cc(C(=O)NC2CCCCCCC2)c1C#N. The van der Waals surface area contributed by atoms with E-state index < -0.39 is 0 Å². The van der Waals surface area contributed by atoms with Gasteiger partial charge in [-0.25, -0.2) is 4.98 Å². The molecule has 2 aliphatic rings. The molecule has 1 N–H and O–H groups in total. The van der Waals surface area contributed by atoms with Gasteiger partial charge < -0.3 is 5.32 Å². The molecule has 2 aliphatic carbocycles. The van der Waals surface area contributed by atoms with Gasteiger partial charge in [0.1, 0.15) is 11.1 Å². The maximum atomic E-state index is 12.9. The van der Waals surface area contributed by atoms with Gasteiger partial charge in [0.15, 0.2) is 0 Å². The minimum Gasteiger partial charge on any atom is -0.349 e. The third-order valence-corrected chi connectivity index (χ3v) is 5.67. The lowest BCUT2D eigenvalue weighted by Crippen LogP contribution is -2.35. The maximum absolute atomic E-state index is 12.9. The monoisotopic (exact) mass is 343 g/mol. The number of amides is 1. The van der Waals surface area contributed by atoms with E-state index in [2.05, 4.69) is 16.4 Å². The third-order valence-electron chi connectivity index (χ3n) is 4.99. The van der Waals surface area contributed by atoms with Gasteiger partial charge in [-0.1, -0.05) is 32.1 Å². The number of hydrogen-bond donors (Lipinski definition) is 1. The van der Waals surface area contributed by atoms with E-state index >= 15 is 0 Å². The number of nitrogens with zero attached hydrogens (tertiary/aromatic N) is 2. The Labute approximate surface area is 148 Å². The smallest absolute Gasteiger partial charge is 0.253 e. The first-order valence-electron chi connectivity index (χ1n) is 9.03. The van der Waals surface area contributed by atoms with Gasteiger partial charge in [0.05, 0.1) is 11.1 Å². The second-order valence-corrected chi connectivity index (χ2v) is 7.68. The Morgan fingerprint density at radius 2 is 1.88 bits per heavy atom. The first-order chi connectivity index (χ1) is 11.7. The van der Waals surface area contributed by atoms with E-state index in [0.29, 0.717) is 22.1 Å². The van der Waals surface area contributed by atoms with Crippen LogP contribution in [0.4, 0.5) is 0 Å². The highest BCUT2D eigenvalue weighted by atomic mass is 32.2. The van der Waals surface area contributed by atoms with Crippen molar-refractivity contribution in [2.45, 2.75) is 74.8 Å². The number of hydrogen-bond acceptors (Lipinski definition) is 4. The van der Waals surface area contributed by atoms with Crippen LogP contribution in [0.3, 0.4) is 0 Å². The third kappa shape index (κ3) is 4.10. The van der Waals surface area contributed by atoms with Crippen molar-refractivity contribution in [3.63, 3.8) is 0 Å². The number of carbonyl (C=O) groups is 1. The molecule has 4 nitrogen and oxygen atoms in total. The first kappa shape index (κ1) is 17.3. The Balaban J connectivity index is 1.82. The molecule has 2 saturated carbocycles. The molecule has 0 spiro atoms. The summed E-state index contributed by atoms with van der Waals surface area (Å²) in [6.07, 6.45) is 12.5. The van der Waals surface area contributed by atoms with E-state index in [-0.39, 0.29) is 11.9 Å². The highest BCUT2D eigenvalue weighted by Crippen LogP contribution is 2.40. The van der Waals surface area contributed by atoms with Gasteiger partial charge in [0.25, 0.3) is 5.91 Å². The summed E-state index contributed by atoms with van der Waals surface area (Å²) in [5.41, 5.74) is 1.91. The summed E-state index contributed by atoms with van der Waals surface area (Å²) in [6, 6.07) is 4.29. The molecule has 0 aromatic carbocycles.